The average Bonchev–Trinajstić information content (AvgIpc) is 2.90. The second kappa shape index (κ2) is 14.4. The quantitative estimate of drug-likeness (QED) is 0.0833. The number of carbonyl (C=O) groups is 2. The molecule has 1 aliphatic rings. The zero-order valence-electron chi connectivity index (χ0n) is 21.5. The first-order chi connectivity index (χ1) is 18.8. The molecule has 0 fully saturated rings. The van der Waals surface area contributed by atoms with Crippen molar-refractivity contribution < 1.29 is 28.5 Å². The van der Waals surface area contributed by atoms with Crippen molar-refractivity contribution in [3.05, 3.63) is 62.4 Å². The zero-order chi connectivity index (χ0) is 28.4. The van der Waals surface area contributed by atoms with Crippen molar-refractivity contribution >= 4 is 58.0 Å². The topological polar surface area (TPSA) is 120 Å². The number of carbonyl (C=O) groups excluding carboxylic acids is 2. The SMILES string of the molecule is C#CCOc1c(C=NNC(=O)COc2ccccc2[C@H]2NC(=S)NC(C)=C2C(=O)OCC)cc(I)cc1OC. The maximum atomic E-state index is 12.7. The lowest BCUT2D eigenvalue weighted by Gasteiger charge is -2.30. The lowest BCUT2D eigenvalue weighted by molar-refractivity contribution is -0.139. The van der Waals surface area contributed by atoms with Gasteiger partial charge in [0.05, 0.1) is 31.5 Å². The normalized spacial score (nSPS) is 14.6. The van der Waals surface area contributed by atoms with Gasteiger partial charge in [-0.3, -0.25) is 4.79 Å². The lowest BCUT2D eigenvalue weighted by Crippen LogP contribution is -2.45. The van der Waals surface area contributed by atoms with Gasteiger partial charge in [0.15, 0.2) is 23.2 Å². The summed E-state index contributed by atoms with van der Waals surface area (Å²) >= 11 is 7.43. The minimum absolute atomic E-state index is 0.0423. The molecule has 1 atom stereocenters. The third-order valence-electron chi connectivity index (χ3n) is 5.31. The second-order valence-corrected chi connectivity index (χ2v) is 9.58. The number of hydrogen-bond donors (Lipinski definition) is 3. The smallest absolute Gasteiger partial charge is 0.338 e. The molecule has 1 amide bonds. The van der Waals surface area contributed by atoms with Crippen LogP contribution in [0.1, 0.15) is 31.0 Å². The summed E-state index contributed by atoms with van der Waals surface area (Å²) in [5.41, 5.74) is 4.56. The van der Waals surface area contributed by atoms with Crippen LogP contribution in [0.25, 0.3) is 0 Å². The van der Waals surface area contributed by atoms with E-state index >= 15 is 0 Å². The van der Waals surface area contributed by atoms with Gasteiger partial charge in [-0.1, -0.05) is 24.1 Å². The predicted molar refractivity (Wildman–Crippen MR) is 159 cm³/mol. The Hall–Kier alpha value is -3.83. The van der Waals surface area contributed by atoms with Crippen LogP contribution >= 0.6 is 34.8 Å². The van der Waals surface area contributed by atoms with Gasteiger partial charge in [-0.25, -0.2) is 10.2 Å². The summed E-state index contributed by atoms with van der Waals surface area (Å²) in [6.45, 7) is 3.40. The summed E-state index contributed by atoms with van der Waals surface area (Å²) in [5.74, 6) is 2.71. The van der Waals surface area contributed by atoms with Crippen molar-refractivity contribution in [1.29, 1.82) is 0 Å². The van der Waals surface area contributed by atoms with Gasteiger partial charge in [0, 0.05) is 20.4 Å². The van der Waals surface area contributed by atoms with Gasteiger partial charge in [-0.05, 0) is 66.9 Å². The molecule has 0 spiro atoms. The maximum absolute atomic E-state index is 12.7. The molecule has 1 heterocycles. The van der Waals surface area contributed by atoms with Crippen molar-refractivity contribution in [3.8, 4) is 29.6 Å². The molecule has 2 aromatic carbocycles. The number of methoxy groups -OCH3 is 1. The molecule has 2 aromatic rings. The number of benzene rings is 2. The summed E-state index contributed by atoms with van der Waals surface area (Å²) in [6, 6.07) is 10.0. The number of rotatable bonds is 11. The molecule has 0 saturated heterocycles. The Bertz CT molecular complexity index is 1350. The van der Waals surface area contributed by atoms with Gasteiger partial charge in [-0.15, -0.1) is 6.42 Å². The van der Waals surface area contributed by atoms with E-state index in [9.17, 15) is 9.59 Å². The lowest BCUT2D eigenvalue weighted by atomic mass is 9.95. The van der Waals surface area contributed by atoms with E-state index in [0.717, 1.165) is 3.57 Å². The molecular weight excluding hydrogens is 635 g/mol. The summed E-state index contributed by atoms with van der Waals surface area (Å²) in [7, 11) is 1.52. The fraction of sp³-hybridized carbons (Fsp3) is 0.259. The van der Waals surface area contributed by atoms with Crippen LogP contribution < -0.4 is 30.3 Å². The van der Waals surface area contributed by atoms with Crippen molar-refractivity contribution in [2.45, 2.75) is 19.9 Å². The van der Waals surface area contributed by atoms with Gasteiger partial charge < -0.3 is 29.6 Å². The molecule has 1 aliphatic heterocycles. The number of terminal acetylenes is 1. The first-order valence-electron chi connectivity index (χ1n) is 11.7. The zero-order valence-corrected chi connectivity index (χ0v) is 24.5. The number of halogens is 1. The number of para-hydroxylation sites is 1. The highest BCUT2D eigenvalue weighted by Gasteiger charge is 2.32. The Kier molecular flexibility index (Phi) is 10.9. The van der Waals surface area contributed by atoms with Gasteiger partial charge in [0.1, 0.15) is 12.4 Å². The molecule has 0 unspecified atom stereocenters. The Balaban J connectivity index is 1.74. The Morgan fingerprint density at radius 3 is 2.74 bits per heavy atom. The largest absolute Gasteiger partial charge is 0.493 e. The number of ether oxygens (including phenoxy) is 4. The number of amides is 1. The van der Waals surface area contributed by atoms with Crippen LogP contribution in [0.15, 0.2) is 52.8 Å². The monoisotopic (exact) mass is 662 g/mol. The predicted octanol–water partition coefficient (Wildman–Crippen LogP) is 3.20. The molecule has 0 saturated carbocycles. The fourth-order valence-electron chi connectivity index (χ4n) is 3.71. The Labute approximate surface area is 245 Å². The third-order valence-corrected chi connectivity index (χ3v) is 6.16. The maximum Gasteiger partial charge on any atom is 0.338 e. The molecule has 3 rings (SSSR count). The van der Waals surface area contributed by atoms with E-state index in [2.05, 4.69) is 49.7 Å². The van der Waals surface area contributed by atoms with Gasteiger partial charge >= 0.3 is 5.97 Å². The number of nitrogens with zero attached hydrogens (tertiary/aromatic N) is 1. The van der Waals surface area contributed by atoms with Crippen LogP contribution in [0.4, 0.5) is 0 Å². The van der Waals surface area contributed by atoms with Crippen molar-refractivity contribution in [2.75, 3.05) is 26.9 Å². The molecule has 12 heteroatoms. The highest BCUT2D eigenvalue weighted by molar-refractivity contribution is 14.1. The molecule has 0 radical (unpaired) electrons. The van der Waals surface area contributed by atoms with E-state index in [4.69, 9.17) is 37.6 Å². The summed E-state index contributed by atoms with van der Waals surface area (Å²) in [4.78, 5) is 25.2. The molecule has 0 aliphatic carbocycles. The van der Waals surface area contributed by atoms with E-state index < -0.39 is 17.9 Å². The van der Waals surface area contributed by atoms with E-state index in [-0.39, 0.29) is 19.8 Å². The van der Waals surface area contributed by atoms with Crippen LogP contribution in [-0.2, 0) is 14.3 Å². The Morgan fingerprint density at radius 2 is 2.03 bits per heavy atom. The van der Waals surface area contributed by atoms with E-state index in [1.165, 1.54) is 13.3 Å². The van der Waals surface area contributed by atoms with Crippen molar-refractivity contribution in [2.24, 2.45) is 5.10 Å². The molecule has 0 aromatic heterocycles. The number of allylic oxidation sites excluding steroid dienone is 1. The van der Waals surface area contributed by atoms with Crippen LogP contribution in [0.2, 0.25) is 0 Å². The number of hydrazone groups is 1. The summed E-state index contributed by atoms with van der Waals surface area (Å²) in [6.07, 6.45) is 6.75. The van der Waals surface area contributed by atoms with E-state index in [0.29, 0.717) is 44.8 Å². The third kappa shape index (κ3) is 7.84. The van der Waals surface area contributed by atoms with Crippen molar-refractivity contribution in [3.63, 3.8) is 0 Å². The molecular formula is C27H27IN4O6S. The average molecular weight is 663 g/mol. The highest BCUT2D eigenvalue weighted by Crippen LogP contribution is 2.34. The minimum Gasteiger partial charge on any atom is -0.493 e. The number of hydrogen-bond acceptors (Lipinski definition) is 8. The number of thiocarbonyl (C=S) groups is 1. The minimum atomic E-state index is -0.632. The Morgan fingerprint density at radius 1 is 1.26 bits per heavy atom. The van der Waals surface area contributed by atoms with Crippen LogP contribution in [0.5, 0.6) is 17.2 Å². The van der Waals surface area contributed by atoms with Crippen LogP contribution in [0, 0.1) is 15.9 Å². The molecule has 10 nitrogen and oxygen atoms in total. The van der Waals surface area contributed by atoms with Crippen LogP contribution in [0.3, 0.4) is 0 Å². The van der Waals surface area contributed by atoms with E-state index in [1.54, 1.807) is 44.2 Å². The standard InChI is InChI=1S/C27H27IN4O6S/c1-5-11-37-25-17(12-18(28)13-21(25)35-4)14-29-32-22(33)15-38-20-10-8-7-9-19(20)24-23(26(34)36-6-2)16(3)30-27(39)31-24/h1,7-10,12-14,24H,6,11,15H2,2-4H3,(H,32,33)(H2,30,31,39)/t24-/m1/s1. The van der Waals surface area contributed by atoms with Gasteiger partial charge in [-0.2, -0.15) is 5.10 Å². The number of nitrogens with one attached hydrogen (secondary N) is 3. The van der Waals surface area contributed by atoms with Gasteiger partial charge in [0.25, 0.3) is 5.91 Å². The molecule has 3 N–H and O–H groups in total. The molecule has 0 bridgehead atoms. The van der Waals surface area contributed by atoms with Crippen LogP contribution in [-0.4, -0.2) is 50.1 Å². The fourth-order valence-corrected chi connectivity index (χ4v) is 4.60. The molecule has 204 valence electrons. The first kappa shape index (κ1) is 29.7. The second-order valence-electron chi connectivity index (χ2n) is 7.93. The molecule has 39 heavy (non-hydrogen) atoms. The van der Waals surface area contributed by atoms with E-state index in [1.807, 2.05) is 6.07 Å². The first-order valence-corrected chi connectivity index (χ1v) is 13.2. The summed E-state index contributed by atoms with van der Waals surface area (Å²) < 4.78 is 22.9. The number of esters is 1. The summed E-state index contributed by atoms with van der Waals surface area (Å²) in [5, 5.41) is 10.4. The van der Waals surface area contributed by atoms with Gasteiger partial charge in [0.2, 0.25) is 0 Å². The highest BCUT2D eigenvalue weighted by atomic mass is 127. The van der Waals surface area contributed by atoms with Crippen molar-refractivity contribution in [1.82, 2.24) is 16.1 Å².